The Kier molecular flexibility index (Phi) is 1.68. The lowest BCUT2D eigenvalue weighted by Crippen LogP contribution is -2.13. The first-order valence-corrected chi connectivity index (χ1v) is 4.19. The molecular formula is C10H10O2. The molecule has 2 rings (SSSR count). The third-order valence-corrected chi connectivity index (χ3v) is 2.41. The second-order valence-electron chi connectivity index (χ2n) is 3.32. The number of hydrogen-bond donors (Lipinski definition) is 0. The van der Waals surface area contributed by atoms with Crippen molar-refractivity contribution in [2.24, 2.45) is 0 Å². The van der Waals surface area contributed by atoms with Gasteiger partial charge in [0.1, 0.15) is 5.78 Å². The molecular weight excluding hydrogens is 152 g/mol. The molecule has 12 heavy (non-hydrogen) atoms. The molecule has 0 fully saturated rings. The number of rotatable bonds is 0. The monoisotopic (exact) mass is 162 g/mol. The van der Waals surface area contributed by atoms with Crippen LogP contribution in [0.3, 0.4) is 0 Å². The Balaban J connectivity index is 2.28. The van der Waals surface area contributed by atoms with Crippen LogP contribution in [0.2, 0.25) is 0 Å². The van der Waals surface area contributed by atoms with Crippen molar-refractivity contribution in [3.8, 4) is 0 Å². The Hall–Kier alpha value is -1.18. The van der Waals surface area contributed by atoms with Gasteiger partial charge >= 0.3 is 0 Å². The van der Waals surface area contributed by atoms with Crippen molar-refractivity contribution in [2.75, 3.05) is 0 Å². The molecule has 0 bridgehead atoms. The molecule has 0 aliphatic heterocycles. The van der Waals surface area contributed by atoms with Crippen LogP contribution in [0.15, 0.2) is 23.3 Å². The molecule has 0 heterocycles. The predicted octanol–water partition coefficient (Wildman–Crippen LogP) is 1.56. The van der Waals surface area contributed by atoms with Crippen molar-refractivity contribution in [3.63, 3.8) is 0 Å². The maximum absolute atomic E-state index is 11.0. The molecule has 2 aliphatic rings. The first-order chi connectivity index (χ1) is 5.75. The van der Waals surface area contributed by atoms with Crippen LogP contribution < -0.4 is 0 Å². The zero-order valence-electron chi connectivity index (χ0n) is 6.80. The first-order valence-electron chi connectivity index (χ1n) is 4.19. The fourth-order valence-electron chi connectivity index (χ4n) is 1.72. The molecule has 0 aromatic heterocycles. The van der Waals surface area contributed by atoms with Gasteiger partial charge in [0.05, 0.1) is 0 Å². The fourth-order valence-corrected chi connectivity index (χ4v) is 1.72. The van der Waals surface area contributed by atoms with E-state index in [2.05, 4.69) is 0 Å². The van der Waals surface area contributed by atoms with Crippen LogP contribution in [-0.4, -0.2) is 11.6 Å². The summed E-state index contributed by atoms with van der Waals surface area (Å²) in [4.78, 5) is 22.0. The van der Waals surface area contributed by atoms with Gasteiger partial charge in [-0.05, 0) is 18.1 Å². The zero-order valence-corrected chi connectivity index (χ0v) is 6.80. The van der Waals surface area contributed by atoms with Crippen LogP contribution in [0.1, 0.15) is 25.7 Å². The lowest BCUT2D eigenvalue weighted by Gasteiger charge is -2.19. The number of carbonyl (C=O) groups is 2. The fraction of sp³-hybridized carbons (Fsp3) is 0.400. The third-order valence-electron chi connectivity index (χ3n) is 2.41. The van der Waals surface area contributed by atoms with E-state index < -0.39 is 0 Å². The lowest BCUT2D eigenvalue weighted by atomic mass is 9.85. The highest BCUT2D eigenvalue weighted by molar-refractivity contribution is 5.95. The van der Waals surface area contributed by atoms with Crippen LogP contribution in [0.4, 0.5) is 0 Å². The van der Waals surface area contributed by atoms with Gasteiger partial charge in [0.25, 0.3) is 0 Å². The van der Waals surface area contributed by atoms with Crippen molar-refractivity contribution in [3.05, 3.63) is 23.3 Å². The van der Waals surface area contributed by atoms with E-state index in [9.17, 15) is 9.59 Å². The maximum atomic E-state index is 11.0. The molecule has 0 saturated carbocycles. The van der Waals surface area contributed by atoms with E-state index >= 15 is 0 Å². The number of Topliss-reactive ketones (excluding diaryl/α,β-unsaturated/α-hetero) is 1. The molecule has 0 amide bonds. The van der Waals surface area contributed by atoms with Gasteiger partial charge in [-0.2, -0.15) is 0 Å². The molecule has 2 aliphatic carbocycles. The molecule has 62 valence electrons. The number of allylic oxidation sites excluding steroid dienone is 4. The van der Waals surface area contributed by atoms with Gasteiger partial charge in [-0.15, -0.1) is 0 Å². The van der Waals surface area contributed by atoms with Gasteiger partial charge in [0.2, 0.25) is 0 Å². The summed E-state index contributed by atoms with van der Waals surface area (Å²) in [5.41, 5.74) is 2.27. The number of hydrogen-bond acceptors (Lipinski definition) is 2. The summed E-state index contributed by atoms with van der Waals surface area (Å²) >= 11 is 0. The van der Waals surface area contributed by atoms with E-state index in [-0.39, 0.29) is 5.78 Å². The van der Waals surface area contributed by atoms with E-state index in [0.717, 1.165) is 12.0 Å². The van der Waals surface area contributed by atoms with Crippen molar-refractivity contribution < 1.29 is 9.59 Å². The Morgan fingerprint density at radius 1 is 1.00 bits per heavy atom. The minimum absolute atomic E-state index is 0.170. The summed E-state index contributed by atoms with van der Waals surface area (Å²) in [7, 11) is 0. The molecule has 0 atom stereocenters. The predicted molar refractivity (Wildman–Crippen MR) is 44.6 cm³/mol. The molecule has 0 unspecified atom stereocenters. The highest BCUT2D eigenvalue weighted by Gasteiger charge is 2.20. The molecule has 0 saturated heterocycles. The van der Waals surface area contributed by atoms with Gasteiger partial charge in [-0.3, -0.25) is 9.59 Å². The summed E-state index contributed by atoms with van der Waals surface area (Å²) in [6.07, 6.45) is 5.89. The molecule has 0 N–H and O–H groups in total. The average molecular weight is 162 g/mol. The number of ketones is 2. The smallest absolute Gasteiger partial charge is 0.159 e. The van der Waals surface area contributed by atoms with Crippen LogP contribution in [0.25, 0.3) is 0 Å². The van der Waals surface area contributed by atoms with Crippen LogP contribution >= 0.6 is 0 Å². The second kappa shape index (κ2) is 2.70. The topological polar surface area (TPSA) is 34.1 Å². The van der Waals surface area contributed by atoms with Crippen molar-refractivity contribution in [2.45, 2.75) is 25.7 Å². The third kappa shape index (κ3) is 1.24. The molecule has 2 nitrogen and oxygen atoms in total. The first kappa shape index (κ1) is 7.47. The molecule has 0 radical (unpaired) electrons. The Bertz CT molecular complexity index is 308. The van der Waals surface area contributed by atoms with E-state index in [1.807, 2.05) is 0 Å². The van der Waals surface area contributed by atoms with Gasteiger partial charge < -0.3 is 0 Å². The summed E-state index contributed by atoms with van der Waals surface area (Å²) in [5.74, 6) is 0.468. The summed E-state index contributed by atoms with van der Waals surface area (Å²) < 4.78 is 0. The standard InChI is InChI=1S/C10H10O2/c11-9-3-1-7-5-10(12)4-2-8(7)6-9/h1,3H,2,4-6H2. The van der Waals surface area contributed by atoms with E-state index in [4.69, 9.17) is 0 Å². The Morgan fingerprint density at radius 3 is 2.67 bits per heavy atom. The zero-order chi connectivity index (χ0) is 8.55. The maximum Gasteiger partial charge on any atom is 0.159 e. The highest BCUT2D eigenvalue weighted by Crippen LogP contribution is 2.28. The average Bonchev–Trinajstić information content (AvgIpc) is 2.05. The lowest BCUT2D eigenvalue weighted by molar-refractivity contribution is -0.119. The van der Waals surface area contributed by atoms with Crippen molar-refractivity contribution in [1.29, 1.82) is 0 Å². The van der Waals surface area contributed by atoms with Gasteiger partial charge in [-0.25, -0.2) is 0 Å². The summed E-state index contributed by atoms with van der Waals surface area (Å²) in [6, 6.07) is 0. The minimum atomic E-state index is 0.170. The van der Waals surface area contributed by atoms with Crippen molar-refractivity contribution in [1.82, 2.24) is 0 Å². The molecule has 0 aromatic rings. The van der Waals surface area contributed by atoms with Crippen LogP contribution in [-0.2, 0) is 9.59 Å². The molecule has 0 aromatic carbocycles. The van der Waals surface area contributed by atoms with Gasteiger partial charge in [0, 0.05) is 19.3 Å². The largest absolute Gasteiger partial charge is 0.299 e. The minimum Gasteiger partial charge on any atom is -0.299 e. The van der Waals surface area contributed by atoms with E-state index in [0.29, 0.717) is 25.0 Å². The number of carbonyl (C=O) groups excluding carboxylic acids is 2. The van der Waals surface area contributed by atoms with E-state index in [1.54, 1.807) is 12.2 Å². The van der Waals surface area contributed by atoms with E-state index in [1.165, 1.54) is 5.57 Å². The molecule has 0 spiro atoms. The second-order valence-corrected chi connectivity index (χ2v) is 3.32. The van der Waals surface area contributed by atoms with Crippen LogP contribution in [0.5, 0.6) is 0 Å². The van der Waals surface area contributed by atoms with Crippen LogP contribution in [0, 0.1) is 0 Å². The SMILES string of the molecule is O=C1C=CC2=C(CCC(=O)C2)C1. The van der Waals surface area contributed by atoms with Gasteiger partial charge in [-0.1, -0.05) is 11.6 Å². The Morgan fingerprint density at radius 2 is 1.83 bits per heavy atom. The highest BCUT2D eigenvalue weighted by atomic mass is 16.1. The van der Waals surface area contributed by atoms with Gasteiger partial charge in [0.15, 0.2) is 5.78 Å². The molecule has 2 heteroatoms. The summed E-state index contributed by atoms with van der Waals surface area (Å²) in [6.45, 7) is 0. The Labute approximate surface area is 71.0 Å². The van der Waals surface area contributed by atoms with Crippen molar-refractivity contribution >= 4 is 11.6 Å². The summed E-state index contributed by atoms with van der Waals surface area (Å²) in [5, 5.41) is 0. The quantitative estimate of drug-likeness (QED) is 0.541. The normalized spacial score (nSPS) is 23.0.